The smallest absolute Gasteiger partial charge is 0.340 e. The zero-order valence-electron chi connectivity index (χ0n) is 14.8. The highest BCUT2D eigenvalue weighted by Gasteiger charge is 2.27. The van der Waals surface area contributed by atoms with Crippen LogP contribution in [-0.4, -0.2) is 37.4 Å². The molecule has 2 aromatic rings. The van der Waals surface area contributed by atoms with Crippen LogP contribution >= 0.6 is 0 Å². The van der Waals surface area contributed by atoms with Gasteiger partial charge in [-0.3, -0.25) is 4.79 Å². The maximum absolute atomic E-state index is 12.7. The molecule has 2 aromatic heterocycles. The summed E-state index contributed by atoms with van der Waals surface area (Å²) in [7, 11) is 3.92. The summed E-state index contributed by atoms with van der Waals surface area (Å²) in [5, 5.41) is 0. The fourth-order valence-corrected chi connectivity index (χ4v) is 2.69. The van der Waals surface area contributed by atoms with E-state index in [-0.39, 0.29) is 18.9 Å². The Morgan fingerprint density at radius 1 is 1.12 bits per heavy atom. The lowest BCUT2D eigenvalue weighted by atomic mass is 10.0. The molecule has 128 valence electrons. The SMILES string of the molecule is CCOC(=O)c1c(C)[nH]c(C)c1C(=O)C[n+]1ccc(N(C)C)cc1. The molecule has 0 unspecified atom stereocenters. The Hall–Kier alpha value is -2.63. The van der Waals surface area contributed by atoms with Crippen molar-refractivity contribution in [1.82, 2.24) is 4.98 Å². The number of pyridine rings is 1. The van der Waals surface area contributed by atoms with Crippen LogP contribution in [-0.2, 0) is 11.3 Å². The van der Waals surface area contributed by atoms with Crippen LogP contribution in [0.3, 0.4) is 0 Å². The Morgan fingerprint density at radius 3 is 2.25 bits per heavy atom. The quantitative estimate of drug-likeness (QED) is 0.500. The predicted molar refractivity (Wildman–Crippen MR) is 91.5 cm³/mol. The second-order valence-corrected chi connectivity index (χ2v) is 5.89. The number of Topliss-reactive ketones (excluding diaryl/α,β-unsaturated/α-hetero) is 1. The average molecular weight is 330 g/mol. The second kappa shape index (κ2) is 7.29. The first-order valence-corrected chi connectivity index (χ1v) is 7.91. The Morgan fingerprint density at radius 2 is 1.71 bits per heavy atom. The topological polar surface area (TPSA) is 66.3 Å². The van der Waals surface area contributed by atoms with Crippen molar-refractivity contribution in [3.05, 3.63) is 47.0 Å². The van der Waals surface area contributed by atoms with E-state index in [4.69, 9.17) is 4.74 Å². The van der Waals surface area contributed by atoms with E-state index in [1.807, 2.05) is 43.5 Å². The molecule has 0 aliphatic carbocycles. The van der Waals surface area contributed by atoms with Gasteiger partial charge in [-0.15, -0.1) is 0 Å². The van der Waals surface area contributed by atoms with Gasteiger partial charge in [-0.25, -0.2) is 4.79 Å². The summed E-state index contributed by atoms with van der Waals surface area (Å²) in [6.45, 7) is 5.75. The van der Waals surface area contributed by atoms with Crippen LogP contribution in [0.15, 0.2) is 24.5 Å². The lowest BCUT2D eigenvalue weighted by Crippen LogP contribution is -2.37. The molecule has 2 rings (SSSR count). The fourth-order valence-electron chi connectivity index (χ4n) is 2.69. The lowest BCUT2D eigenvalue weighted by molar-refractivity contribution is -0.683. The molecule has 0 radical (unpaired) electrons. The highest BCUT2D eigenvalue weighted by atomic mass is 16.5. The Labute approximate surface area is 142 Å². The van der Waals surface area contributed by atoms with E-state index in [0.29, 0.717) is 22.5 Å². The lowest BCUT2D eigenvalue weighted by Gasteiger charge is -2.10. The van der Waals surface area contributed by atoms with E-state index < -0.39 is 5.97 Å². The molecule has 0 aromatic carbocycles. The zero-order valence-corrected chi connectivity index (χ0v) is 14.8. The number of carbonyl (C=O) groups is 2. The summed E-state index contributed by atoms with van der Waals surface area (Å²) >= 11 is 0. The number of ketones is 1. The zero-order chi connectivity index (χ0) is 17.9. The minimum absolute atomic E-state index is 0.123. The number of hydrogen-bond acceptors (Lipinski definition) is 4. The predicted octanol–water partition coefficient (Wildman–Crippen LogP) is 2.04. The number of esters is 1. The largest absolute Gasteiger partial charge is 0.462 e. The number of rotatable bonds is 6. The van der Waals surface area contributed by atoms with Crippen molar-refractivity contribution in [3.8, 4) is 0 Å². The third kappa shape index (κ3) is 3.64. The van der Waals surface area contributed by atoms with Gasteiger partial charge in [-0.05, 0) is 20.8 Å². The molecule has 0 amide bonds. The normalized spacial score (nSPS) is 10.5. The number of anilines is 1. The highest BCUT2D eigenvalue weighted by Crippen LogP contribution is 2.20. The van der Waals surface area contributed by atoms with Crippen molar-refractivity contribution in [2.45, 2.75) is 27.3 Å². The first-order chi connectivity index (χ1) is 11.3. The van der Waals surface area contributed by atoms with E-state index in [1.165, 1.54) is 0 Å². The maximum Gasteiger partial charge on any atom is 0.340 e. The van der Waals surface area contributed by atoms with Gasteiger partial charge < -0.3 is 14.6 Å². The molecule has 1 N–H and O–H groups in total. The average Bonchev–Trinajstić information content (AvgIpc) is 2.82. The van der Waals surface area contributed by atoms with Crippen molar-refractivity contribution in [2.24, 2.45) is 0 Å². The van der Waals surface area contributed by atoms with Crippen molar-refractivity contribution < 1.29 is 18.9 Å². The fraction of sp³-hybridized carbons (Fsp3) is 0.389. The molecule has 0 fully saturated rings. The molecule has 0 bridgehead atoms. The van der Waals surface area contributed by atoms with Crippen LogP contribution in [0.5, 0.6) is 0 Å². The van der Waals surface area contributed by atoms with Crippen LogP contribution in [0.2, 0.25) is 0 Å². The van der Waals surface area contributed by atoms with Crippen LogP contribution in [0.4, 0.5) is 5.69 Å². The van der Waals surface area contributed by atoms with Gasteiger partial charge in [0, 0.05) is 43.3 Å². The van der Waals surface area contributed by atoms with Gasteiger partial charge >= 0.3 is 5.97 Å². The third-order valence-electron chi connectivity index (χ3n) is 3.85. The van der Waals surface area contributed by atoms with E-state index in [1.54, 1.807) is 25.3 Å². The number of aromatic amines is 1. The standard InChI is InChI=1S/C18H23N3O3/c1-6-24-18(23)17-13(3)19-12(2)16(17)15(22)11-21-9-7-14(8-10-21)20(4)5/h7-10H,6,11H2,1-5H3/p+1. The van der Waals surface area contributed by atoms with Crippen LogP contribution in [0, 0.1) is 13.8 Å². The summed E-state index contributed by atoms with van der Waals surface area (Å²) in [5.74, 6) is -0.585. The molecular weight excluding hydrogens is 306 g/mol. The number of hydrogen-bond donors (Lipinski definition) is 1. The summed E-state index contributed by atoms with van der Waals surface area (Å²) in [6, 6.07) is 3.88. The summed E-state index contributed by atoms with van der Waals surface area (Å²) < 4.78 is 6.88. The first kappa shape index (κ1) is 17.7. The molecule has 24 heavy (non-hydrogen) atoms. The molecule has 0 saturated carbocycles. The molecule has 0 aliphatic heterocycles. The number of carbonyl (C=O) groups excluding carboxylic acids is 2. The van der Waals surface area contributed by atoms with Crippen molar-refractivity contribution in [2.75, 3.05) is 25.6 Å². The number of aryl methyl sites for hydroxylation is 2. The van der Waals surface area contributed by atoms with Gasteiger partial charge in [-0.2, -0.15) is 4.57 Å². The molecular formula is C18H24N3O3+. The summed E-state index contributed by atoms with van der Waals surface area (Å²) in [6.07, 6.45) is 3.71. The number of ether oxygens (including phenoxy) is 1. The summed E-state index contributed by atoms with van der Waals surface area (Å²) in [5.41, 5.74) is 3.15. The molecule has 2 heterocycles. The number of aromatic nitrogens is 2. The number of nitrogens with zero attached hydrogens (tertiary/aromatic N) is 2. The first-order valence-electron chi connectivity index (χ1n) is 7.91. The van der Waals surface area contributed by atoms with E-state index in [2.05, 4.69) is 4.98 Å². The van der Waals surface area contributed by atoms with E-state index in [0.717, 1.165) is 5.69 Å². The summed E-state index contributed by atoms with van der Waals surface area (Å²) in [4.78, 5) is 30.0. The third-order valence-corrected chi connectivity index (χ3v) is 3.85. The van der Waals surface area contributed by atoms with Crippen LogP contribution in [0.25, 0.3) is 0 Å². The van der Waals surface area contributed by atoms with Gasteiger partial charge in [-0.1, -0.05) is 0 Å². The minimum atomic E-state index is -0.462. The van der Waals surface area contributed by atoms with E-state index >= 15 is 0 Å². The Kier molecular flexibility index (Phi) is 5.39. The second-order valence-electron chi connectivity index (χ2n) is 5.89. The molecule has 0 saturated heterocycles. The van der Waals surface area contributed by atoms with Crippen LogP contribution < -0.4 is 9.47 Å². The van der Waals surface area contributed by atoms with Crippen molar-refractivity contribution in [3.63, 3.8) is 0 Å². The van der Waals surface area contributed by atoms with E-state index in [9.17, 15) is 9.59 Å². The Balaban J connectivity index is 2.28. The van der Waals surface area contributed by atoms with Gasteiger partial charge in [0.25, 0.3) is 0 Å². The molecule has 6 nitrogen and oxygen atoms in total. The van der Waals surface area contributed by atoms with Gasteiger partial charge in [0.05, 0.1) is 17.7 Å². The van der Waals surface area contributed by atoms with Gasteiger partial charge in [0.2, 0.25) is 12.3 Å². The van der Waals surface area contributed by atoms with Gasteiger partial charge in [0.1, 0.15) is 0 Å². The molecule has 0 aliphatic rings. The van der Waals surface area contributed by atoms with Crippen molar-refractivity contribution >= 4 is 17.4 Å². The number of H-pyrrole nitrogens is 1. The Bertz CT molecular complexity index is 746. The van der Waals surface area contributed by atoms with Gasteiger partial charge in [0.15, 0.2) is 12.4 Å². The highest BCUT2D eigenvalue weighted by molar-refractivity contribution is 6.07. The molecule has 0 atom stereocenters. The van der Waals surface area contributed by atoms with Crippen molar-refractivity contribution in [1.29, 1.82) is 0 Å². The van der Waals surface area contributed by atoms with Crippen LogP contribution in [0.1, 0.15) is 39.0 Å². The number of nitrogens with one attached hydrogen (secondary N) is 1. The minimum Gasteiger partial charge on any atom is -0.462 e. The maximum atomic E-state index is 12.7. The molecule has 6 heteroatoms. The molecule has 0 spiro atoms. The monoisotopic (exact) mass is 330 g/mol.